The van der Waals surface area contributed by atoms with Gasteiger partial charge in [0.1, 0.15) is 24.0 Å². The van der Waals surface area contributed by atoms with E-state index in [1.807, 2.05) is 6.92 Å². The topological polar surface area (TPSA) is 22.1 Å². The lowest BCUT2D eigenvalue weighted by Crippen LogP contribution is -2.02. The molecule has 0 aliphatic rings. The average molecular weight is 284 g/mol. The van der Waals surface area contributed by atoms with E-state index in [4.69, 9.17) is 16.3 Å². The van der Waals surface area contributed by atoms with E-state index in [0.717, 1.165) is 23.9 Å². The van der Waals surface area contributed by atoms with Crippen molar-refractivity contribution in [2.24, 2.45) is 0 Å². The summed E-state index contributed by atoms with van der Waals surface area (Å²) in [5.41, 5.74) is 1.56. The van der Waals surface area contributed by atoms with Crippen LogP contribution in [0.25, 0.3) is 0 Å². The molecule has 0 aliphatic carbocycles. The van der Waals surface area contributed by atoms with E-state index in [0.29, 0.717) is 11.4 Å². The van der Waals surface area contributed by atoms with Gasteiger partial charge in [-0.2, -0.15) is 0 Å². The highest BCUT2D eigenvalue weighted by Gasteiger charge is 2.08. The maximum Gasteiger partial charge on any atom is 0.142 e. The van der Waals surface area contributed by atoms with Crippen molar-refractivity contribution in [2.75, 3.05) is 0 Å². The Balaban J connectivity index is 2.16. The fourth-order valence-corrected chi connectivity index (χ4v) is 1.83. The Hall–Kier alpha value is -1.68. The molecule has 0 radical (unpaired) electrons. The molecule has 2 aromatic rings. The molecule has 2 rings (SSSR count). The van der Waals surface area contributed by atoms with Gasteiger partial charge in [-0.3, -0.25) is 4.98 Å². The maximum atomic E-state index is 13.4. The second-order valence-corrected chi connectivity index (χ2v) is 4.32. The number of alkyl halides is 1. The first-order valence-electron chi connectivity index (χ1n) is 5.69. The van der Waals surface area contributed by atoms with Gasteiger partial charge in [-0.25, -0.2) is 8.78 Å². The predicted octanol–water partition coefficient (Wildman–Crippen LogP) is 3.99. The first-order valence-corrected chi connectivity index (χ1v) is 6.23. The number of pyridine rings is 1. The van der Waals surface area contributed by atoms with E-state index >= 15 is 0 Å². The normalized spacial score (nSPS) is 10.5. The molecule has 0 saturated carbocycles. The second kappa shape index (κ2) is 5.97. The Bertz CT molecular complexity index is 590. The summed E-state index contributed by atoms with van der Waals surface area (Å²) in [6.45, 7) is 1.77. The van der Waals surface area contributed by atoms with Crippen LogP contribution in [0.2, 0.25) is 0 Å². The van der Waals surface area contributed by atoms with Gasteiger partial charge in [0.05, 0.1) is 11.6 Å². The second-order valence-electron chi connectivity index (χ2n) is 4.06. The van der Waals surface area contributed by atoms with Crippen molar-refractivity contribution in [3.8, 4) is 5.75 Å². The van der Waals surface area contributed by atoms with Gasteiger partial charge < -0.3 is 4.74 Å². The summed E-state index contributed by atoms with van der Waals surface area (Å²) in [5, 5.41) is 0. The van der Waals surface area contributed by atoms with Gasteiger partial charge in [0.25, 0.3) is 0 Å². The highest BCUT2D eigenvalue weighted by molar-refractivity contribution is 6.17. The van der Waals surface area contributed by atoms with Crippen LogP contribution < -0.4 is 4.74 Å². The Morgan fingerprint density at radius 2 is 2.00 bits per heavy atom. The third-order valence-corrected chi connectivity index (χ3v) is 2.84. The molecule has 0 N–H and O–H groups in total. The minimum absolute atomic E-state index is 0.0712. The van der Waals surface area contributed by atoms with Crippen molar-refractivity contribution < 1.29 is 13.5 Å². The minimum atomic E-state index is -0.506. The highest BCUT2D eigenvalue weighted by atomic mass is 35.5. The molecule has 0 amide bonds. The van der Waals surface area contributed by atoms with Crippen LogP contribution in [0.15, 0.2) is 30.3 Å². The summed E-state index contributed by atoms with van der Waals surface area (Å²) in [5.74, 6) is -0.333. The number of rotatable bonds is 4. The summed E-state index contributed by atoms with van der Waals surface area (Å²) in [4.78, 5) is 4.22. The van der Waals surface area contributed by atoms with Crippen molar-refractivity contribution in [3.63, 3.8) is 0 Å². The van der Waals surface area contributed by atoms with Gasteiger partial charge in [0.15, 0.2) is 0 Å². The van der Waals surface area contributed by atoms with Gasteiger partial charge in [-0.15, -0.1) is 11.6 Å². The van der Waals surface area contributed by atoms with E-state index < -0.39 is 11.6 Å². The maximum absolute atomic E-state index is 13.4. The predicted molar refractivity (Wildman–Crippen MR) is 69.2 cm³/mol. The molecule has 0 bridgehead atoms. The van der Waals surface area contributed by atoms with Crippen LogP contribution in [0.3, 0.4) is 0 Å². The Morgan fingerprint density at radius 1 is 1.21 bits per heavy atom. The van der Waals surface area contributed by atoms with Crippen LogP contribution in [0.5, 0.6) is 5.75 Å². The molecule has 5 heteroatoms. The summed E-state index contributed by atoms with van der Waals surface area (Å²) in [6, 6.07) is 6.74. The van der Waals surface area contributed by atoms with Gasteiger partial charge in [0, 0.05) is 11.3 Å². The molecule has 0 saturated heterocycles. The molecule has 0 spiro atoms. The molecule has 0 unspecified atom stereocenters. The Kier molecular flexibility index (Phi) is 4.32. The van der Waals surface area contributed by atoms with Gasteiger partial charge in [-0.1, -0.05) is 0 Å². The molecule has 100 valence electrons. The first-order chi connectivity index (χ1) is 9.10. The number of nitrogens with zero attached hydrogens (tertiary/aromatic N) is 1. The number of benzene rings is 1. The highest BCUT2D eigenvalue weighted by Crippen LogP contribution is 2.21. The fourth-order valence-electron chi connectivity index (χ4n) is 1.63. The molecule has 19 heavy (non-hydrogen) atoms. The molecular formula is C14H12ClF2NO. The molecule has 0 aliphatic heterocycles. The van der Waals surface area contributed by atoms with Crippen LogP contribution in [-0.2, 0) is 12.5 Å². The van der Waals surface area contributed by atoms with Crippen LogP contribution in [0.4, 0.5) is 8.78 Å². The SMILES string of the molecule is Cc1ccc(OCc2cc(F)ccc2F)c(CCl)n1. The zero-order valence-corrected chi connectivity index (χ0v) is 11.0. The van der Waals surface area contributed by atoms with Crippen LogP contribution in [-0.4, -0.2) is 4.98 Å². The standard InChI is InChI=1S/C14H12ClF2NO/c1-9-2-5-14(13(7-15)18-9)19-8-10-6-11(16)3-4-12(10)17/h2-6H,7-8H2,1H3. The third-order valence-electron chi connectivity index (χ3n) is 2.59. The number of hydrogen-bond acceptors (Lipinski definition) is 2. The number of aromatic nitrogens is 1. The lowest BCUT2D eigenvalue weighted by molar-refractivity contribution is 0.295. The van der Waals surface area contributed by atoms with Crippen LogP contribution in [0.1, 0.15) is 17.0 Å². The van der Waals surface area contributed by atoms with Crippen LogP contribution in [0, 0.1) is 18.6 Å². The van der Waals surface area contributed by atoms with E-state index in [1.54, 1.807) is 12.1 Å². The fraction of sp³-hybridized carbons (Fsp3) is 0.214. The van der Waals surface area contributed by atoms with Crippen molar-refractivity contribution >= 4 is 11.6 Å². The van der Waals surface area contributed by atoms with Crippen LogP contribution >= 0.6 is 11.6 Å². The first kappa shape index (κ1) is 13.7. The Morgan fingerprint density at radius 3 is 2.74 bits per heavy atom. The van der Waals surface area contributed by atoms with E-state index in [9.17, 15) is 8.78 Å². The smallest absolute Gasteiger partial charge is 0.142 e. The van der Waals surface area contributed by atoms with Crippen molar-refractivity contribution in [3.05, 3.63) is 58.9 Å². The minimum Gasteiger partial charge on any atom is -0.487 e. The lowest BCUT2D eigenvalue weighted by Gasteiger charge is -2.10. The third kappa shape index (κ3) is 3.41. The largest absolute Gasteiger partial charge is 0.487 e. The van der Waals surface area contributed by atoms with E-state index in [2.05, 4.69) is 4.98 Å². The molecule has 1 heterocycles. The molecule has 0 fully saturated rings. The molecule has 1 aromatic carbocycles. The van der Waals surface area contributed by atoms with Gasteiger partial charge in [-0.05, 0) is 37.3 Å². The summed E-state index contributed by atoms with van der Waals surface area (Å²) in [7, 11) is 0. The molecule has 0 atom stereocenters. The lowest BCUT2D eigenvalue weighted by atomic mass is 10.2. The number of ether oxygens (including phenoxy) is 1. The number of aryl methyl sites for hydroxylation is 1. The Labute approximate surface area is 115 Å². The van der Waals surface area contributed by atoms with Crippen molar-refractivity contribution in [2.45, 2.75) is 19.4 Å². The van der Waals surface area contributed by atoms with Crippen molar-refractivity contribution in [1.82, 2.24) is 4.98 Å². The van der Waals surface area contributed by atoms with Gasteiger partial charge >= 0.3 is 0 Å². The average Bonchev–Trinajstić information content (AvgIpc) is 2.40. The summed E-state index contributed by atoms with van der Waals surface area (Å²) < 4.78 is 31.9. The van der Waals surface area contributed by atoms with Crippen molar-refractivity contribution in [1.29, 1.82) is 0 Å². The summed E-state index contributed by atoms with van der Waals surface area (Å²) >= 11 is 5.77. The summed E-state index contributed by atoms with van der Waals surface area (Å²) in [6.07, 6.45) is 0. The van der Waals surface area contributed by atoms with E-state index in [-0.39, 0.29) is 18.1 Å². The number of hydrogen-bond donors (Lipinski definition) is 0. The van der Waals surface area contributed by atoms with Gasteiger partial charge in [0.2, 0.25) is 0 Å². The molecule has 2 nitrogen and oxygen atoms in total. The zero-order chi connectivity index (χ0) is 13.8. The molecule has 1 aromatic heterocycles. The quantitative estimate of drug-likeness (QED) is 0.792. The molecular weight excluding hydrogens is 272 g/mol. The van der Waals surface area contributed by atoms with E-state index in [1.165, 1.54) is 0 Å². The number of halogens is 3. The monoisotopic (exact) mass is 283 g/mol. The zero-order valence-electron chi connectivity index (χ0n) is 10.3.